The van der Waals surface area contributed by atoms with Crippen LogP contribution in [0, 0.1) is 5.92 Å². The maximum Gasteiger partial charge on any atom is 0.321 e. The summed E-state index contributed by atoms with van der Waals surface area (Å²) in [5, 5.41) is 11.8. The molecule has 1 saturated heterocycles. The molecule has 3 heteroatoms. The van der Waals surface area contributed by atoms with Gasteiger partial charge in [-0.15, -0.1) is 0 Å². The van der Waals surface area contributed by atoms with E-state index in [0.29, 0.717) is 6.04 Å². The molecule has 3 aliphatic rings. The van der Waals surface area contributed by atoms with Crippen LogP contribution in [0.1, 0.15) is 12.8 Å². The van der Waals surface area contributed by atoms with E-state index < -0.39 is 5.97 Å². The zero-order chi connectivity index (χ0) is 7.84. The molecule has 2 heterocycles. The molecule has 11 heavy (non-hydrogen) atoms. The maximum atomic E-state index is 10.6. The Morgan fingerprint density at radius 3 is 2.55 bits per heavy atom. The van der Waals surface area contributed by atoms with E-state index in [1.807, 2.05) is 6.08 Å². The van der Waals surface area contributed by atoms with Crippen molar-refractivity contribution >= 4 is 5.97 Å². The Balaban J connectivity index is 2.17. The third-order valence-corrected chi connectivity index (χ3v) is 2.49. The molecule has 60 valence electrons. The van der Waals surface area contributed by atoms with Crippen molar-refractivity contribution in [2.24, 2.45) is 5.92 Å². The number of aliphatic carboxylic acids is 1. The number of piperidine rings is 1. The van der Waals surface area contributed by atoms with Crippen molar-refractivity contribution in [3.63, 3.8) is 0 Å². The summed E-state index contributed by atoms with van der Waals surface area (Å²) in [7, 11) is 0. The Labute approximate surface area is 65.1 Å². The highest BCUT2D eigenvalue weighted by atomic mass is 16.4. The van der Waals surface area contributed by atoms with Crippen molar-refractivity contribution in [1.82, 2.24) is 5.32 Å². The van der Waals surface area contributed by atoms with Gasteiger partial charge >= 0.3 is 5.97 Å². The van der Waals surface area contributed by atoms with Crippen molar-refractivity contribution in [1.29, 1.82) is 0 Å². The number of rotatable bonds is 1. The van der Waals surface area contributed by atoms with E-state index in [4.69, 9.17) is 5.11 Å². The second kappa shape index (κ2) is 2.34. The predicted octanol–water partition coefficient (Wildman–Crippen LogP) is 0.378. The minimum absolute atomic E-state index is 0.220. The molecule has 0 aromatic heterocycles. The molecular formula is C8H11NO2. The normalized spacial score (nSPS) is 40.9. The van der Waals surface area contributed by atoms with Crippen LogP contribution < -0.4 is 5.32 Å². The van der Waals surface area contributed by atoms with Crippen LogP contribution in [0.2, 0.25) is 0 Å². The number of nitrogens with one attached hydrogen (secondary N) is 1. The Morgan fingerprint density at radius 2 is 2.27 bits per heavy atom. The van der Waals surface area contributed by atoms with Crippen LogP contribution in [0.3, 0.4) is 0 Å². The molecule has 1 fully saturated rings. The van der Waals surface area contributed by atoms with Gasteiger partial charge in [0.2, 0.25) is 0 Å². The SMILES string of the molecule is O=C(O)[C@@H]1N[C@H]2C=C[C@H]1CC2. The molecule has 3 rings (SSSR count). The highest BCUT2D eigenvalue weighted by molar-refractivity contribution is 5.74. The highest BCUT2D eigenvalue weighted by Crippen LogP contribution is 2.27. The molecule has 2 aliphatic heterocycles. The molecule has 3 nitrogen and oxygen atoms in total. The molecule has 0 amide bonds. The Bertz CT molecular complexity index is 212. The Kier molecular flexibility index (Phi) is 1.46. The minimum atomic E-state index is -0.718. The number of hydrogen-bond acceptors (Lipinski definition) is 2. The van der Waals surface area contributed by atoms with Crippen LogP contribution >= 0.6 is 0 Å². The van der Waals surface area contributed by atoms with E-state index in [2.05, 4.69) is 11.4 Å². The summed E-state index contributed by atoms with van der Waals surface area (Å²) in [4.78, 5) is 10.6. The van der Waals surface area contributed by atoms with Crippen molar-refractivity contribution < 1.29 is 9.90 Å². The second-order valence-corrected chi connectivity index (χ2v) is 3.22. The van der Waals surface area contributed by atoms with E-state index in [-0.39, 0.29) is 12.0 Å². The van der Waals surface area contributed by atoms with Crippen molar-refractivity contribution in [2.45, 2.75) is 24.9 Å². The summed E-state index contributed by atoms with van der Waals surface area (Å²) < 4.78 is 0. The van der Waals surface area contributed by atoms with Gasteiger partial charge in [-0.1, -0.05) is 12.2 Å². The summed E-state index contributed by atoms with van der Waals surface area (Å²) in [6.07, 6.45) is 6.22. The number of carboxylic acid groups (broad SMARTS) is 1. The second-order valence-electron chi connectivity index (χ2n) is 3.22. The zero-order valence-corrected chi connectivity index (χ0v) is 6.16. The fourth-order valence-corrected chi connectivity index (χ4v) is 1.87. The number of carboxylic acids is 1. The third-order valence-electron chi connectivity index (χ3n) is 2.49. The van der Waals surface area contributed by atoms with Crippen LogP contribution in [0.15, 0.2) is 12.2 Å². The standard InChI is InChI=1S/C8H11NO2/c10-8(11)7-5-1-3-6(9-7)4-2-5/h1,3,5-7,9H,2,4H2,(H,10,11)/t5-,6-,7+/m0/s1. The fourth-order valence-electron chi connectivity index (χ4n) is 1.87. The predicted molar refractivity (Wildman–Crippen MR) is 40.2 cm³/mol. The summed E-state index contributed by atoms with van der Waals surface area (Å²) >= 11 is 0. The average molecular weight is 153 g/mol. The first-order valence-corrected chi connectivity index (χ1v) is 3.94. The molecule has 0 unspecified atom stereocenters. The van der Waals surface area contributed by atoms with Gasteiger partial charge in [0.1, 0.15) is 6.04 Å². The molecule has 1 aliphatic carbocycles. The van der Waals surface area contributed by atoms with Gasteiger partial charge in [0.05, 0.1) is 0 Å². The first-order valence-electron chi connectivity index (χ1n) is 3.94. The fraction of sp³-hybridized carbons (Fsp3) is 0.625. The zero-order valence-electron chi connectivity index (χ0n) is 6.16. The largest absolute Gasteiger partial charge is 0.480 e. The topological polar surface area (TPSA) is 49.3 Å². The van der Waals surface area contributed by atoms with Crippen LogP contribution in [-0.2, 0) is 4.79 Å². The first-order chi connectivity index (χ1) is 5.27. The van der Waals surface area contributed by atoms with Gasteiger partial charge in [-0.3, -0.25) is 10.1 Å². The van der Waals surface area contributed by atoms with E-state index in [9.17, 15) is 4.79 Å². The van der Waals surface area contributed by atoms with Gasteiger partial charge in [0.25, 0.3) is 0 Å². The summed E-state index contributed by atoms with van der Waals surface area (Å²) in [5.41, 5.74) is 0. The molecule has 0 radical (unpaired) electrons. The molecule has 3 atom stereocenters. The molecule has 0 aromatic carbocycles. The third kappa shape index (κ3) is 1.05. The highest BCUT2D eigenvalue weighted by Gasteiger charge is 2.35. The summed E-state index contributed by atoms with van der Waals surface area (Å²) in [6.45, 7) is 0. The van der Waals surface area contributed by atoms with Gasteiger partial charge in [0, 0.05) is 12.0 Å². The van der Waals surface area contributed by atoms with Gasteiger partial charge in [0.15, 0.2) is 0 Å². The molecule has 2 bridgehead atoms. The van der Waals surface area contributed by atoms with Gasteiger partial charge in [-0.05, 0) is 12.8 Å². The molecule has 0 spiro atoms. The average Bonchev–Trinajstić information content (AvgIpc) is 2.06. The first kappa shape index (κ1) is 6.85. The molecular weight excluding hydrogens is 142 g/mol. The smallest absolute Gasteiger partial charge is 0.321 e. The summed E-state index contributed by atoms with van der Waals surface area (Å²) in [6, 6.07) is -0.0279. The lowest BCUT2D eigenvalue weighted by Gasteiger charge is -2.36. The lowest BCUT2D eigenvalue weighted by molar-refractivity contribution is -0.141. The molecule has 2 N–H and O–H groups in total. The molecule has 0 saturated carbocycles. The summed E-state index contributed by atoms with van der Waals surface area (Å²) in [5.74, 6) is -0.499. The minimum Gasteiger partial charge on any atom is -0.480 e. The van der Waals surface area contributed by atoms with Crippen molar-refractivity contribution in [3.05, 3.63) is 12.2 Å². The Hall–Kier alpha value is -0.830. The van der Waals surface area contributed by atoms with E-state index in [1.165, 1.54) is 0 Å². The van der Waals surface area contributed by atoms with E-state index in [1.54, 1.807) is 0 Å². The van der Waals surface area contributed by atoms with Gasteiger partial charge < -0.3 is 5.11 Å². The quantitative estimate of drug-likeness (QED) is 0.535. The van der Waals surface area contributed by atoms with Crippen molar-refractivity contribution in [2.75, 3.05) is 0 Å². The lowest BCUT2D eigenvalue weighted by Crippen LogP contribution is -2.53. The maximum absolute atomic E-state index is 10.6. The van der Waals surface area contributed by atoms with Gasteiger partial charge in [-0.2, -0.15) is 0 Å². The van der Waals surface area contributed by atoms with Crippen LogP contribution in [-0.4, -0.2) is 23.2 Å². The Morgan fingerprint density at radius 1 is 1.45 bits per heavy atom. The van der Waals surface area contributed by atoms with Crippen molar-refractivity contribution in [3.8, 4) is 0 Å². The number of hydrogen-bond donors (Lipinski definition) is 2. The lowest BCUT2D eigenvalue weighted by atomic mass is 9.82. The van der Waals surface area contributed by atoms with Crippen LogP contribution in [0.5, 0.6) is 0 Å². The number of carbonyl (C=O) groups is 1. The van der Waals surface area contributed by atoms with E-state index >= 15 is 0 Å². The monoisotopic (exact) mass is 153 g/mol. The van der Waals surface area contributed by atoms with Gasteiger partial charge in [-0.25, -0.2) is 0 Å². The van der Waals surface area contributed by atoms with Crippen LogP contribution in [0.4, 0.5) is 0 Å². The number of fused-ring (bicyclic) bond motifs is 2. The molecule has 0 aromatic rings. The van der Waals surface area contributed by atoms with Crippen LogP contribution in [0.25, 0.3) is 0 Å². The van der Waals surface area contributed by atoms with E-state index in [0.717, 1.165) is 12.8 Å².